The van der Waals surface area contributed by atoms with Gasteiger partial charge in [0.05, 0.1) is 7.11 Å². The van der Waals surface area contributed by atoms with Crippen molar-refractivity contribution < 1.29 is 4.84 Å². The Morgan fingerprint density at radius 2 is 2.25 bits per heavy atom. The zero-order chi connectivity index (χ0) is 3.41. The van der Waals surface area contributed by atoms with E-state index in [2.05, 4.69) is 10.7 Å². The lowest BCUT2D eigenvalue weighted by Gasteiger charge is -1.80. The molecular weight excluding hydrogens is 56.0 g/mol. The highest BCUT2D eigenvalue weighted by atomic mass is 16.7. The molecule has 0 bridgehead atoms. The average molecular weight is 62.1 g/mol. The molecule has 3 N–H and O–H groups in total. The van der Waals surface area contributed by atoms with Gasteiger partial charge in [0.15, 0.2) is 0 Å². The molecular formula is CH6N2O. The van der Waals surface area contributed by atoms with Crippen LogP contribution in [0.15, 0.2) is 0 Å². The van der Waals surface area contributed by atoms with E-state index < -0.39 is 0 Å². The summed E-state index contributed by atoms with van der Waals surface area (Å²) in [5, 5.41) is 0. The summed E-state index contributed by atoms with van der Waals surface area (Å²) in [7, 11) is 1.44. The van der Waals surface area contributed by atoms with Gasteiger partial charge in [0.2, 0.25) is 0 Å². The molecule has 0 radical (unpaired) electrons. The lowest BCUT2D eigenvalue weighted by Crippen LogP contribution is -2.19. The van der Waals surface area contributed by atoms with Crippen molar-refractivity contribution in [3.63, 3.8) is 0 Å². The Balaban J connectivity index is 1.97. The van der Waals surface area contributed by atoms with Crippen molar-refractivity contribution in [1.29, 1.82) is 0 Å². The van der Waals surface area contributed by atoms with Gasteiger partial charge in [0.25, 0.3) is 0 Å². The predicted octanol–water partition coefficient (Wildman–Crippen LogP) is -0.989. The topological polar surface area (TPSA) is 47.3 Å². The van der Waals surface area contributed by atoms with Gasteiger partial charge in [-0.2, -0.15) is 0 Å². The van der Waals surface area contributed by atoms with E-state index in [0.29, 0.717) is 0 Å². The molecule has 0 aliphatic carbocycles. The lowest BCUT2D eigenvalue weighted by molar-refractivity contribution is 0.0925. The molecule has 0 aliphatic heterocycles. The number of nitrogens with one attached hydrogen (secondary N) is 1. The maximum absolute atomic E-state index is 4.56. The first-order chi connectivity index (χ1) is 1.91. The smallest absolute Gasteiger partial charge is 0.0588 e. The first-order valence-electron chi connectivity index (χ1n) is 0.901. The predicted molar refractivity (Wildman–Crippen MR) is 14.3 cm³/mol. The average Bonchev–Trinajstić information content (AvgIpc) is 1.37. The third-order valence-electron chi connectivity index (χ3n) is 0.118. The molecule has 0 atom stereocenters. The van der Waals surface area contributed by atoms with Crippen LogP contribution >= 0.6 is 0 Å². The van der Waals surface area contributed by atoms with E-state index in [4.69, 9.17) is 0 Å². The second-order valence-corrected chi connectivity index (χ2v) is 0.322. The second-order valence-electron chi connectivity index (χ2n) is 0.322. The highest BCUT2D eigenvalue weighted by Gasteiger charge is 1.44. The summed E-state index contributed by atoms with van der Waals surface area (Å²) in [6.45, 7) is 0. The number of hydrogen-bond acceptors (Lipinski definition) is 3. The molecule has 3 nitrogen and oxygen atoms in total. The van der Waals surface area contributed by atoms with Crippen LogP contribution in [0.1, 0.15) is 0 Å². The van der Waals surface area contributed by atoms with Gasteiger partial charge in [0.1, 0.15) is 0 Å². The molecule has 0 aromatic heterocycles. The van der Waals surface area contributed by atoms with E-state index in [-0.39, 0.29) is 0 Å². The fourth-order valence-electron chi connectivity index (χ4n) is 0. The molecule has 0 aromatic rings. The fraction of sp³-hybridized carbons (Fsp3) is 1.00. The molecule has 0 amide bonds. The number of nitrogens with two attached hydrogens (primary N) is 1. The SMILES string of the molecule is CONN. The van der Waals surface area contributed by atoms with Crippen LogP contribution in [0.5, 0.6) is 0 Å². The highest BCUT2D eigenvalue weighted by molar-refractivity contribution is 3.63. The largest absolute Gasteiger partial charge is 0.291 e. The van der Waals surface area contributed by atoms with Crippen molar-refractivity contribution in [2.24, 2.45) is 5.84 Å². The molecule has 0 aliphatic rings. The minimum Gasteiger partial charge on any atom is -0.291 e. The van der Waals surface area contributed by atoms with Crippen molar-refractivity contribution >= 4 is 0 Å². The summed E-state index contributed by atoms with van der Waals surface area (Å²) in [4.78, 5) is 4.07. The summed E-state index contributed by atoms with van der Waals surface area (Å²) < 4.78 is 0. The Labute approximate surface area is 24.7 Å². The van der Waals surface area contributed by atoms with Crippen molar-refractivity contribution in [3.8, 4) is 0 Å². The highest BCUT2D eigenvalue weighted by Crippen LogP contribution is 1.27. The second kappa shape index (κ2) is 2.88. The summed E-state index contributed by atoms with van der Waals surface area (Å²) in [5.74, 6) is 4.56. The van der Waals surface area contributed by atoms with Crippen molar-refractivity contribution in [3.05, 3.63) is 0 Å². The van der Waals surface area contributed by atoms with Gasteiger partial charge in [-0.05, 0) is 0 Å². The maximum Gasteiger partial charge on any atom is 0.0588 e. The first-order valence-corrected chi connectivity index (χ1v) is 0.901. The monoisotopic (exact) mass is 62.0 g/mol. The van der Waals surface area contributed by atoms with Gasteiger partial charge in [-0.1, -0.05) is 0 Å². The van der Waals surface area contributed by atoms with Crippen LogP contribution in [0, 0.1) is 0 Å². The van der Waals surface area contributed by atoms with E-state index in [1.54, 1.807) is 0 Å². The molecule has 4 heavy (non-hydrogen) atoms. The summed E-state index contributed by atoms with van der Waals surface area (Å²) in [6.07, 6.45) is 0. The quantitative estimate of drug-likeness (QED) is 0.303. The van der Waals surface area contributed by atoms with Crippen LogP contribution in [-0.4, -0.2) is 7.11 Å². The van der Waals surface area contributed by atoms with Gasteiger partial charge in [-0.15, -0.1) is 5.59 Å². The van der Waals surface area contributed by atoms with Crippen molar-refractivity contribution in [2.75, 3.05) is 7.11 Å². The van der Waals surface area contributed by atoms with Gasteiger partial charge in [-0.3, -0.25) is 4.84 Å². The minimum atomic E-state index is 1.44. The van der Waals surface area contributed by atoms with Crippen LogP contribution in [0.4, 0.5) is 0 Å². The van der Waals surface area contributed by atoms with Crippen molar-refractivity contribution in [2.45, 2.75) is 0 Å². The Morgan fingerprint density at radius 1 is 2.00 bits per heavy atom. The lowest BCUT2D eigenvalue weighted by atomic mass is 11.7. The summed E-state index contributed by atoms with van der Waals surface area (Å²) in [6, 6.07) is 0. The first kappa shape index (κ1) is 3.88. The van der Waals surface area contributed by atoms with E-state index in [0.717, 1.165) is 0 Å². The molecule has 3 heteroatoms. The Hall–Kier alpha value is -0.120. The minimum absolute atomic E-state index is 1.44. The van der Waals surface area contributed by atoms with Gasteiger partial charge < -0.3 is 0 Å². The zero-order valence-electron chi connectivity index (χ0n) is 2.49. The molecule has 0 aromatic carbocycles. The van der Waals surface area contributed by atoms with Crippen LogP contribution in [-0.2, 0) is 4.84 Å². The van der Waals surface area contributed by atoms with Crippen molar-refractivity contribution in [1.82, 2.24) is 5.59 Å². The molecule has 0 saturated carbocycles. The molecule has 0 spiro atoms. The normalized spacial score (nSPS) is 7.50. The molecule has 0 fully saturated rings. The molecule has 0 saturated heterocycles. The van der Waals surface area contributed by atoms with Gasteiger partial charge in [-0.25, -0.2) is 5.84 Å². The van der Waals surface area contributed by atoms with Crippen LogP contribution in [0.2, 0.25) is 0 Å². The summed E-state index contributed by atoms with van der Waals surface area (Å²) in [5.41, 5.74) is 1.93. The molecule has 0 rings (SSSR count). The van der Waals surface area contributed by atoms with Crippen LogP contribution in [0.25, 0.3) is 0 Å². The maximum atomic E-state index is 4.56. The van der Waals surface area contributed by atoms with Gasteiger partial charge >= 0.3 is 0 Å². The molecule has 0 unspecified atom stereocenters. The zero-order valence-corrected chi connectivity index (χ0v) is 2.49. The number of hydrogen-bond donors (Lipinski definition) is 2. The molecule has 0 heterocycles. The van der Waals surface area contributed by atoms with E-state index in [1.807, 2.05) is 5.59 Å². The number of rotatable bonds is 1. The van der Waals surface area contributed by atoms with Crippen LogP contribution < -0.4 is 11.4 Å². The standard InChI is InChI=1S/CH6N2O/c1-4-3-2/h3H,2H2,1H3. The molecule has 26 valence electrons. The van der Waals surface area contributed by atoms with E-state index >= 15 is 0 Å². The van der Waals surface area contributed by atoms with Gasteiger partial charge in [0, 0.05) is 0 Å². The van der Waals surface area contributed by atoms with E-state index in [9.17, 15) is 0 Å². The fourth-order valence-corrected chi connectivity index (χ4v) is 0. The van der Waals surface area contributed by atoms with E-state index in [1.165, 1.54) is 7.11 Å². The third-order valence-corrected chi connectivity index (χ3v) is 0.118. The van der Waals surface area contributed by atoms with Crippen LogP contribution in [0.3, 0.4) is 0 Å². The Kier molecular flexibility index (Phi) is 2.79. The Bertz CT molecular complexity index is 8.00. The summed E-state index contributed by atoms with van der Waals surface area (Å²) >= 11 is 0. The number of hydrazine groups is 1. The Morgan fingerprint density at radius 3 is 2.25 bits per heavy atom. The third kappa shape index (κ3) is 1.88.